The van der Waals surface area contributed by atoms with Gasteiger partial charge in [0.2, 0.25) is 5.91 Å². The van der Waals surface area contributed by atoms with Crippen molar-refractivity contribution in [3.05, 3.63) is 64.6 Å². The van der Waals surface area contributed by atoms with Crippen LogP contribution >= 0.6 is 0 Å². The van der Waals surface area contributed by atoms with Crippen molar-refractivity contribution in [3.8, 4) is 5.75 Å². The first kappa shape index (κ1) is 23.8. The van der Waals surface area contributed by atoms with Crippen molar-refractivity contribution in [2.24, 2.45) is 5.92 Å². The molecule has 3 N–H and O–H groups in total. The quantitative estimate of drug-likeness (QED) is 0.518. The van der Waals surface area contributed by atoms with E-state index in [0.29, 0.717) is 6.07 Å². The number of nitrogens with one attached hydrogen (secondary N) is 1. The van der Waals surface area contributed by atoms with Gasteiger partial charge >= 0.3 is 5.97 Å². The Morgan fingerprint density at radius 1 is 1.03 bits per heavy atom. The highest BCUT2D eigenvalue weighted by molar-refractivity contribution is 6.05. The van der Waals surface area contributed by atoms with Crippen LogP contribution in [0.4, 0.5) is 13.2 Å². The van der Waals surface area contributed by atoms with Gasteiger partial charge in [-0.2, -0.15) is 0 Å². The summed E-state index contributed by atoms with van der Waals surface area (Å²) in [5, 5.41) is 21.6. The number of benzene rings is 2. The van der Waals surface area contributed by atoms with E-state index in [4.69, 9.17) is 5.11 Å². The molecule has 0 radical (unpaired) electrons. The zero-order chi connectivity index (χ0) is 24.6. The molecule has 1 aromatic heterocycles. The van der Waals surface area contributed by atoms with E-state index in [1.807, 2.05) is 0 Å². The minimum Gasteiger partial charge on any atom is -0.505 e. The molecule has 2 atom stereocenters. The van der Waals surface area contributed by atoms with Crippen LogP contribution in [0.1, 0.15) is 41.4 Å². The van der Waals surface area contributed by atoms with Crippen molar-refractivity contribution in [3.63, 3.8) is 0 Å². The molecule has 0 fully saturated rings. The molecule has 1 unspecified atom stereocenters. The first-order chi connectivity index (χ1) is 15.4. The lowest BCUT2D eigenvalue weighted by Crippen LogP contribution is -2.34. The normalized spacial score (nSPS) is 13.0. The van der Waals surface area contributed by atoms with Gasteiger partial charge in [-0.3, -0.25) is 19.0 Å². The van der Waals surface area contributed by atoms with E-state index in [2.05, 4.69) is 5.32 Å². The number of carboxylic acid groups (broad SMARTS) is 1. The molecule has 3 aromatic rings. The fourth-order valence-corrected chi connectivity index (χ4v) is 3.64. The minimum atomic E-state index is -1.24. The molecule has 7 nitrogen and oxygen atoms in total. The Balaban J connectivity index is 2.13. The number of fused-ring (bicyclic) bond motifs is 1. The van der Waals surface area contributed by atoms with Crippen LogP contribution in [0.3, 0.4) is 0 Å². The van der Waals surface area contributed by atoms with E-state index in [1.54, 1.807) is 0 Å². The number of aliphatic carboxylic acids is 1. The van der Waals surface area contributed by atoms with Gasteiger partial charge in [0.25, 0.3) is 5.91 Å². The predicted octanol–water partition coefficient (Wildman–Crippen LogP) is 3.70. The molecule has 0 aliphatic rings. The first-order valence-corrected chi connectivity index (χ1v) is 9.97. The van der Waals surface area contributed by atoms with E-state index in [0.717, 1.165) is 28.8 Å². The summed E-state index contributed by atoms with van der Waals surface area (Å²) >= 11 is 0. The zero-order valence-corrected chi connectivity index (χ0v) is 17.9. The number of phenols is 1. The lowest BCUT2D eigenvalue weighted by atomic mass is 9.96. The molecule has 0 aliphatic heterocycles. The first-order valence-electron chi connectivity index (χ1n) is 9.97. The lowest BCUT2D eigenvalue weighted by Gasteiger charge is -2.15. The Bertz CT molecular complexity index is 1290. The largest absolute Gasteiger partial charge is 0.505 e. The third kappa shape index (κ3) is 4.41. The van der Waals surface area contributed by atoms with Gasteiger partial charge in [0.15, 0.2) is 23.2 Å². The van der Waals surface area contributed by atoms with Crippen LogP contribution in [-0.4, -0.2) is 39.1 Å². The number of nitrogens with zero attached hydrogens (tertiary/aromatic N) is 1. The Morgan fingerprint density at radius 2 is 1.70 bits per heavy atom. The van der Waals surface area contributed by atoms with Crippen LogP contribution in [0, 0.1) is 30.3 Å². The minimum absolute atomic E-state index is 0.0195. The number of aromatic nitrogens is 1. The van der Waals surface area contributed by atoms with Gasteiger partial charge in [0.1, 0.15) is 0 Å². The number of amides is 1. The molecule has 0 aliphatic carbocycles. The summed E-state index contributed by atoms with van der Waals surface area (Å²) in [4.78, 5) is 36.9. The number of hydrogen-bond acceptors (Lipinski definition) is 4. The van der Waals surface area contributed by atoms with E-state index in [9.17, 15) is 32.7 Å². The van der Waals surface area contributed by atoms with E-state index >= 15 is 0 Å². The van der Waals surface area contributed by atoms with Crippen molar-refractivity contribution in [2.75, 3.05) is 6.54 Å². The molecule has 0 spiro atoms. The van der Waals surface area contributed by atoms with E-state index in [1.165, 1.54) is 20.8 Å². The Morgan fingerprint density at radius 3 is 2.30 bits per heavy atom. The number of carbonyl (C=O) groups is 3. The van der Waals surface area contributed by atoms with Crippen LogP contribution in [0.15, 0.2) is 30.3 Å². The average Bonchev–Trinajstić information content (AvgIpc) is 3.03. The van der Waals surface area contributed by atoms with Crippen LogP contribution in [0.5, 0.6) is 5.75 Å². The highest BCUT2D eigenvalue weighted by Gasteiger charge is 2.28. The standard InChI is InChI=1S/C23H21F3N2O5/c1-10(23(32)33)9-27-21(30)11(2)20-12(3)28(18-8-17(26)19(29)7-14(18)20)22(31)13-4-5-15(24)16(25)6-13/h4-8,10-11,29H,9H2,1-3H3,(H,27,30)(H,32,33)/t10?,11-/m0/s1. The second kappa shape index (κ2) is 8.97. The highest BCUT2D eigenvalue weighted by Crippen LogP contribution is 2.36. The predicted molar refractivity (Wildman–Crippen MR) is 113 cm³/mol. The molecule has 33 heavy (non-hydrogen) atoms. The van der Waals surface area contributed by atoms with Gasteiger partial charge in [-0.15, -0.1) is 0 Å². The van der Waals surface area contributed by atoms with Crippen molar-refractivity contribution < 1.29 is 37.8 Å². The number of rotatable bonds is 6. The number of aromatic hydroxyl groups is 1. The van der Waals surface area contributed by atoms with Crippen molar-refractivity contribution >= 4 is 28.7 Å². The summed E-state index contributed by atoms with van der Waals surface area (Å²) < 4.78 is 42.3. The summed E-state index contributed by atoms with van der Waals surface area (Å²) in [5.74, 6) is -8.28. The van der Waals surface area contributed by atoms with Crippen molar-refractivity contribution in [1.29, 1.82) is 0 Å². The second-order valence-corrected chi connectivity index (χ2v) is 7.80. The molecule has 2 aromatic carbocycles. The third-order valence-corrected chi connectivity index (χ3v) is 5.52. The van der Waals surface area contributed by atoms with Gasteiger partial charge in [-0.25, -0.2) is 13.2 Å². The second-order valence-electron chi connectivity index (χ2n) is 7.80. The summed E-state index contributed by atoms with van der Waals surface area (Å²) in [6.07, 6.45) is 0. The monoisotopic (exact) mass is 462 g/mol. The van der Waals surface area contributed by atoms with Gasteiger partial charge < -0.3 is 15.5 Å². The molecule has 0 saturated heterocycles. The molecule has 0 bridgehead atoms. The molecular weight excluding hydrogens is 441 g/mol. The Hall–Kier alpha value is -3.82. The van der Waals surface area contributed by atoms with Crippen LogP contribution in [0.25, 0.3) is 10.9 Å². The number of phenolic OH excluding ortho intramolecular Hbond substituents is 1. The van der Waals surface area contributed by atoms with Crippen LogP contribution < -0.4 is 5.32 Å². The van der Waals surface area contributed by atoms with Gasteiger partial charge in [0.05, 0.1) is 17.4 Å². The molecular formula is C23H21F3N2O5. The SMILES string of the molecule is Cc1c([C@H](C)C(=O)NCC(C)C(=O)O)c2cc(O)c(F)cc2n1C(=O)c1ccc(F)c(F)c1. The maximum absolute atomic E-state index is 14.2. The lowest BCUT2D eigenvalue weighted by molar-refractivity contribution is -0.141. The topological polar surface area (TPSA) is 109 Å². The average molecular weight is 462 g/mol. The van der Waals surface area contributed by atoms with E-state index in [-0.39, 0.29) is 34.3 Å². The zero-order valence-electron chi connectivity index (χ0n) is 17.9. The number of carbonyl (C=O) groups excluding carboxylic acids is 2. The van der Waals surface area contributed by atoms with Crippen molar-refractivity contribution in [1.82, 2.24) is 9.88 Å². The third-order valence-electron chi connectivity index (χ3n) is 5.52. The summed E-state index contributed by atoms with van der Waals surface area (Å²) in [7, 11) is 0. The number of carboxylic acids is 1. The molecule has 174 valence electrons. The van der Waals surface area contributed by atoms with Crippen LogP contribution in [0.2, 0.25) is 0 Å². The van der Waals surface area contributed by atoms with E-state index < -0.39 is 52.8 Å². The maximum atomic E-state index is 14.2. The fraction of sp³-hybridized carbons (Fsp3) is 0.261. The molecule has 0 saturated carbocycles. The Kier molecular flexibility index (Phi) is 6.48. The van der Waals surface area contributed by atoms with Gasteiger partial charge in [-0.1, -0.05) is 6.92 Å². The van der Waals surface area contributed by atoms with Crippen molar-refractivity contribution in [2.45, 2.75) is 26.7 Å². The Labute approximate surface area is 186 Å². The molecule has 10 heteroatoms. The van der Waals surface area contributed by atoms with Gasteiger partial charge in [-0.05, 0) is 43.7 Å². The molecule has 1 heterocycles. The smallest absolute Gasteiger partial charge is 0.308 e. The molecule has 3 rings (SSSR count). The summed E-state index contributed by atoms with van der Waals surface area (Å²) in [6, 6.07) is 4.56. The number of hydrogen-bond donors (Lipinski definition) is 3. The maximum Gasteiger partial charge on any atom is 0.308 e. The summed E-state index contributed by atoms with van der Waals surface area (Å²) in [6.45, 7) is 4.29. The van der Waals surface area contributed by atoms with Gasteiger partial charge in [0, 0.05) is 29.3 Å². The number of halogens is 3. The highest BCUT2D eigenvalue weighted by atomic mass is 19.2. The summed E-state index contributed by atoms with van der Waals surface area (Å²) in [5.41, 5.74) is 0.322. The fourth-order valence-electron chi connectivity index (χ4n) is 3.64. The van der Waals surface area contributed by atoms with Crippen LogP contribution in [-0.2, 0) is 9.59 Å². The molecule has 1 amide bonds.